The van der Waals surface area contributed by atoms with Gasteiger partial charge in [0.15, 0.2) is 8.15 Å². The van der Waals surface area contributed by atoms with Gasteiger partial charge in [-0.15, -0.1) is 0 Å². The van der Waals surface area contributed by atoms with Gasteiger partial charge in [-0.2, -0.15) is 0 Å². The highest BCUT2D eigenvalue weighted by atomic mass is 31.2. The Morgan fingerprint density at radius 3 is 2.36 bits per heavy atom. The van der Waals surface area contributed by atoms with E-state index in [0.29, 0.717) is 0 Å². The van der Waals surface area contributed by atoms with Crippen molar-refractivity contribution in [3.05, 3.63) is 154 Å². The average molecular weight is 819 g/mol. The van der Waals surface area contributed by atoms with Crippen molar-refractivity contribution in [2.75, 3.05) is 0 Å². The third kappa shape index (κ3) is 7.45. The van der Waals surface area contributed by atoms with Crippen LogP contribution in [0.15, 0.2) is 126 Å². The molecule has 0 fully saturated rings. The van der Waals surface area contributed by atoms with Crippen molar-refractivity contribution in [2.24, 2.45) is 0 Å². The molecule has 59 heavy (non-hydrogen) atoms. The molecule has 2 heterocycles. The zero-order valence-electron chi connectivity index (χ0n) is 34.1. The van der Waals surface area contributed by atoms with Gasteiger partial charge in [0.1, 0.15) is 28.8 Å². The molecule has 5 aliphatic rings. The van der Waals surface area contributed by atoms with Crippen LogP contribution in [0.5, 0.6) is 23.0 Å². The molecule has 4 atom stereocenters. The van der Waals surface area contributed by atoms with E-state index in [4.69, 9.17) is 22.8 Å². The quantitative estimate of drug-likeness (QED) is 0.124. The molecule has 5 nitrogen and oxygen atoms in total. The number of hydrogen-bond acceptors (Lipinski definition) is 5. The van der Waals surface area contributed by atoms with Crippen molar-refractivity contribution >= 4 is 38.9 Å². The Morgan fingerprint density at radius 1 is 0.729 bits per heavy atom. The number of hydrogen-bond donors (Lipinski definition) is 0. The van der Waals surface area contributed by atoms with Crippen LogP contribution in [-0.4, -0.2) is 6.10 Å². The Bertz CT molecular complexity index is 2520. The number of fused-ring (bicyclic) bond motifs is 6. The minimum Gasteiger partial charge on any atom is -0.464 e. The maximum Gasteiger partial charge on any atom is 0.463 e. The van der Waals surface area contributed by atoms with Gasteiger partial charge in [-0.25, -0.2) is 0 Å². The Kier molecular flexibility index (Phi) is 11.2. The summed E-state index contributed by atoms with van der Waals surface area (Å²) in [6.07, 6.45) is 25.2. The third-order valence-corrected chi connectivity index (χ3v) is 15.6. The van der Waals surface area contributed by atoms with E-state index in [2.05, 4.69) is 129 Å². The lowest BCUT2D eigenvalue weighted by molar-refractivity contribution is 0.213. The highest BCUT2D eigenvalue weighted by molar-refractivity contribution is 7.65. The summed E-state index contributed by atoms with van der Waals surface area (Å²) in [5.74, 6) is 4.75. The normalized spacial score (nSPS) is 21.3. The maximum atomic E-state index is 7.86. The van der Waals surface area contributed by atoms with Gasteiger partial charge in [0.2, 0.25) is 0 Å². The lowest BCUT2D eigenvalue weighted by Gasteiger charge is -2.34. The van der Waals surface area contributed by atoms with Gasteiger partial charge >= 0.3 is 8.60 Å². The van der Waals surface area contributed by atoms with Crippen LogP contribution in [-0.2, 0) is 23.8 Å². The molecule has 5 aromatic rings. The van der Waals surface area contributed by atoms with Crippen molar-refractivity contribution in [3.8, 4) is 34.1 Å². The topological polar surface area (TPSA) is 46.2 Å². The van der Waals surface area contributed by atoms with Crippen molar-refractivity contribution < 1.29 is 22.8 Å². The summed E-state index contributed by atoms with van der Waals surface area (Å²) < 4.78 is 35.7. The van der Waals surface area contributed by atoms with Gasteiger partial charge in [0.05, 0.1) is 11.4 Å². The first-order valence-electron chi connectivity index (χ1n) is 21.8. The molecule has 0 saturated heterocycles. The van der Waals surface area contributed by atoms with Gasteiger partial charge in [0, 0.05) is 34.3 Å². The van der Waals surface area contributed by atoms with Crippen LogP contribution in [0.1, 0.15) is 105 Å². The van der Waals surface area contributed by atoms with E-state index in [9.17, 15) is 0 Å². The minimum atomic E-state index is -1.86. The van der Waals surface area contributed by atoms with Crippen molar-refractivity contribution in [1.29, 1.82) is 0 Å². The van der Waals surface area contributed by atoms with Gasteiger partial charge in [0.25, 0.3) is 0 Å². The summed E-state index contributed by atoms with van der Waals surface area (Å²) in [4.78, 5) is 0. The highest BCUT2D eigenvalue weighted by Gasteiger charge is 2.38. The molecule has 7 heteroatoms. The lowest BCUT2D eigenvalue weighted by Crippen LogP contribution is -2.21. The van der Waals surface area contributed by atoms with Crippen molar-refractivity contribution in [3.63, 3.8) is 0 Å². The summed E-state index contributed by atoms with van der Waals surface area (Å²) in [7, 11) is -3.02. The molecule has 0 amide bonds. The summed E-state index contributed by atoms with van der Waals surface area (Å²) in [5.41, 5.74) is 8.40. The lowest BCUT2D eigenvalue weighted by atomic mass is 9.83. The Labute approximate surface area is 351 Å². The van der Waals surface area contributed by atoms with E-state index < -0.39 is 16.8 Å². The number of allylic oxidation sites excluding steroid dienone is 5. The molecule has 300 valence electrons. The zero-order chi connectivity index (χ0) is 39.7. The molecule has 3 aliphatic carbocycles. The number of para-hydroxylation sites is 2. The first kappa shape index (κ1) is 38.5. The zero-order valence-corrected chi connectivity index (χ0v) is 35.9. The number of rotatable bonds is 11. The van der Waals surface area contributed by atoms with Crippen LogP contribution < -0.4 is 23.6 Å². The summed E-state index contributed by atoms with van der Waals surface area (Å²) in [5, 5.41) is 4.86. The van der Waals surface area contributed by atoms with E-state index in [-0.39, 0.29) is 12.0 Å². The predicted octanol–water partition coefficient (Wildman–Crippen LogP) is 14.7. The molecule has 0 saturated carbocycles. The molecule has 0 radical (unpaired) electrons. The van der Waals surface area contributed by atoms with Gasteiger partial charge < -0.3 is 18.3 Å². The molecule has 2 aliphatic heterocycles. The predicted molar refractivity (Wildman–Crippen MR) is 244 cm³/mol. The van der Waals surface area contributed by atoms with Crippen LogP contribution in [0.4, 0.5) is 0 Å². The number of aryl methyl sites for hydroxylation is 2. The smallest absolute Gasteiger partial charge is 0.463 e. The Morgan fingerprint density at radius 2 is 1.47 bits per heavy atom. The Balaban J connectivity index is 1.22. The van der Waals surface area contributed by atoms with E-state index in [1.54, 1.807) is 0 Å². The first-order valence-corrected chi connectivity index (χ1v) is 24.2. The minimum absolute atomic E-state index is 0.0423. The Hall–Kier alpha value is -4.66. The molecular weight excluding hydrogens is 767 g/mol. The molecule has 4 unspecified atom stereocenters. The second-order valence-electron chi connectivity index (χ2n) is 16.3. The largest absolute Gasteiger partial charge is 0.464 e. The van der Waals surface area contributed by atoms with E-state index in [0.717, 1.165) is 133 Å². The van der Waals surface area contributed by atoms with Gasteiger partial charge in [-0.05, 0) is 121 Å². The number of ether oxygens (including phenoxy) is 1. The van der Waals surface area contributed by atoms with E-state index >= 15 is 0 Å². The molecule has 5 aromatic carbocycles. The fourth-order valence-corrected chi connectivity index (χ4v) is 12.7. The van der Waals surface area contributed by atoms with Crippen LogP contribution in [0.2, 0.25) is 0 Å². The number of benzene rings is 5. The van der Waals surface area contributed by atoms with Crippen LogP contribution in [0.25, 0.3) is 28.0 Å². The van der Waals surface area contributed by atoms with Crippen LogP contribution >= 0.6 is 16.8 Å². The molecule has 0 bridgehead atoms. The van der Waals surface area contributed by atoms with Crippen molar-refractivity contribution in [1.82, 2.24) is 0 Å². The molecule has 0 N–H and O–H groups in total. The first-order chi connectivity index (χ1) is 29.2. The standard InChI is InChI=1S/C52H52O5P2/c1-3-5-19-37-33-35-21-7-9-23-39(35)49(51(37)56-58-47-31-17-15-29-45(47)53-46-30-16-18-32-48(46)58)50-40-24-10-8-22-36(40)34-38(20-6-4-2)52(50)57-59-54-43-27-13-11-25-41(43)42-26-12-14-28-44(42)55-59/h7-8,10-15,17,21-22,24-29,31,33-34,41,43H,3-6,9,16,18-20,23,30,32H2,1-2H3. The second kappa shape index (κ2) is 17.1. The van der Waals surface area contributed by atoms with E-state index in [1.807, 2.05) is 6.07 Å². The number of unbranched alkanes of at least 4 members (excludes halogenated alkanes) is 2. The molecular formula is C52H52O5P2. The highest BCUT2D eigenvalue weighted by Crippen LogP contribution is 2.61. The molecule has 0 spiro atoms. The fourth-order valence-electron chi connectivity index (χ4n) is 9.35. The summed E-state index contributed by atoms with van der Waals surface area (Å²) in [6.45, 7) is 4.54. The third-order valence-electron chi connectivity index (χ3n) is 12.3. The second-order valence-corrected chi connectivity index (χ2v) is 19.1. The SMILES string of the molecule is CCCCc1cc2c(c(-c3c(OP4Oc5ccccc5C5C=CC=CC5O4)c(CCCC)cc4ccccc34)c1OP1C3=C(CCCC3)Oc3ccccc31)CCC=C2. The molecule has 0 aromatic heterocycles. The van der Waals surface area contributed by atoms with Crippen LogP contribution in [0, 0.1) is 0 Å². The maximum absolute atomic E-state index is 7.86. The fraction of sp³-hybridized carbons (Fsp3) is 0.308. The van der Waals surface area contributed by atoms with Gasteiger partial charge in [-0.1, -0.05) is 118 Å². The summed E-state index contributed by atoms with van der Waals surface area (Å²) in [6, 6.07) is 30.5. The van der Waals surface area contributed by atoms with Crippen molar-refractivity contribution in [2.45, 2.75) is 103 Å². The molecule has 10 rings (SSSR count). The van der Waals surface area contributed by atoms with Gasteiger partial charge in [-0.3, -0.25) is 4.52 Å². The monoisotopic (exact) mass is 818 g/mol. The van der Waals surface area contributed by atoms with Crippen LogP contribution in [0.3, 0.4) is 0 Å². The summed E-state index contributed by atoms with van der Waals surface area (Å²) >= 11 is 0. The average Bonchev–Trinajstić information content (AvgIpc) is 3.44. The van der Waals surface area contributed by atoms with E-state index in [1.165, 1.54) is 33.0 Å².